The maximum atomic E-state index is 12.6. The first kappa shape index (κ1) is 20.8. The number of fused-ring (bicyclic) bond motifs is 1. The van der Waals surface area contributed by atoms with Crippen LogP contribution >= 0.6 is 0 Å². The molecule has 7 nitrogen and oxygen atoms in total. The van der Waals surface area contributed by atoms with E-state index in [4.69, 9.17) is 14.5 Å². The minimum Gasteiger partial charge on any atom is -0.497 e. The third kappa shape index (κ3) is 4.99. The highest BCUT2D eigenvalue weighted by atomic mass is 16.5. The fraction of sp³-hybridized carbons (Fsp3) is 0.333. The van der Waals surface area contributed by atoms with Crippen LogP contribution in [-0.2, 0) is 11.2 Å². The summed E-state index contributed by atoms with van der Waals surface area (Å²) in [5, 5.41) is 3.10. The number of carbonyl (C=O) groups excluding carboxylic acids is 1. The van der Waals surface area contributed by atoms with Crippen molar-refractivity contribution in [2.45, 2.75) is 32.7 Å². The lowest BCUT2D eigenvalue weighted by atomic mass is 9.74. The minimum absolute atomic E-state index is 0.00561. The van der Waals surface area contributed by atoms with Gasteiger partial charge in [0, 0.05) is 29.7 Å². The predicted octanol–water partition coefficient (Wildman–Crippen LogP) is 3.76. The van der Waals surface area contributed by atoms with Crippen molar-refractivity contribution in [3.8, 4) is 22.9 Å². The molecule has 1 amide bonds. The van der Waals surface area contributed by atoms with Gasteiger partial charge < -0.3 is 14.8 Å². The molecule has 0 fully saturated rings. The molecule has 0 saturated carbocycles. The maximum Gasteiger partial charge on any atom is 0.258 e. The van der Waals surface area contributed by atoms with Gasteiger partial charge in [0.1, 0.15) is 11.5 Å². The predicted molar refractivity (Wildman–Crippen MR) is 117 cm³/mol. The van der Waals surface area contributed by atoms with Gasteiger partial charge in [0.15, 0.2) is 12.4 Å². The quantitative estimate of drug-likeness (QED) is 0.656. The van der Waals surface area contributed by atoms with Crippen LogP contribution in [0.4, 0.5) is 0 Å². The zero-order valence-electron chi connectivity index (χ0n) is 18.0. The van der Waals surface area contributed by atoms with Gasteiger partial charge in [-0.05, 0) is 54.7 Å². The highest BCUT2D eigenvalue weighted by Crippen LogP contribution is 2.40. The number of nitrogens with one attached hydrogen (secondary N) is 1. The van der Waals surface area contributed by atoms with Crippen molar-refractivity contribution in [3.63, 3.8) is 0 Å². The number of methoxy groups -OCH3 is 1. The Balaban J connectivity index is 1.47. The fourth-order valence-electron chi connectivity index (χ4n) is 3.87. The van der Waals surface area contributed by atoms with Crippen molar-refractivity contribution < 1.29 is 14.3 Å². The molecule has 0 saturated heterocycles. The Hall–Kier alpha value is -3.48. The van der Waals surface area contributed by atoms with E-state index in [9.17, 15) is 4.79 Å². The van der Waals surface area contributed by atoms with Crippen LogP contribution in [0.3, 0.4) is 0 Å². The van der Waals surface area contributed by atoms with Crippen LogP contribution in [0, 0.1) is 5.41 Å². The lowest BCUT2D eigenvalue weighted by Crippen LogP contribution is -2.39. The monoisotopic (exact) mass is 418 g/mol. The lowest BCUT2D eigenvalue weighted by Gasteiger charge is -2.36. The summed E-state index contributed by atoms with van der Waals surface area (Å²) in [6.45, 7) is 4.32. The van der Waals surface area contributed by atoms with E-state index in [0.29, 0.717) is 11.6 Å². The molecule has 3 aromatic rings. The third-order valence-corrected chi connectivity index (χ3v) is 5.38. The lowest BCUT2D eigenvalue weighted by molar-refractivity contribution is -0.124. The summed E-state index contributed by atoms with van der Waals surface area (Å²) in [5.41, 5.74) is 2.87. The average Bonchev–Trinajstić information content (AvgIpc) is 2.77. The Kier molecular flexibility index (Phi) is 5.84. The smallest absolute Gasteiger partial charge is 0.258 e. The molecule has 0 spiro atoms. The normalized spacial score (nSPS) is 16.8. The number of amides is 1. The molecule has 1 N–H and O–H groups in total. The minimum atomic E-state index is -0.178. The van der Waals surface area contributed by atoms with Gasteiger partial charge in [-0.3, -0.25) is 9.78 Å². The Bertz CT molecular complexity index is 1050. The number of ether oxygens (including phenoxy) is 2. The molecule has 0 aliphatic heterocycles. The van der Waals surface area contributed by atoms with Gasteiger partial charge in [0.25, 0.3) is 5.91 Å². The third-order valence-electron chi connectivity index (χ3n) is 5.38. The average molecular weight is 418 g/mol. The molecule has 1 atom stereocenters. The van der Waals surface area contributed by atoms with Crippen molar-refractivity contribution >= 4 is 5.91 Å². The second kappa shape index (κ2) is 8.71. The number of rotatable bonds is 6. The first-order chi connectivity index (χ1) is 14.9. The Morgan fingerprint density at radius 3 is 2.55 bits per heavy atom. The molecule has 2 aromatic heterocycles. The zero-order chi connectivity index (χ0) is 21.8. The van der Waals surface area contributed by atoms with E-state index in [1.165, 1.54) is 0 Å². The number of nitrogens with zero attached hydrogens (tertiary/aromatic N) is 3. The van der Waals surface area contributed by atoms with Gasteiger partial charge in [-0.2, -0.15) is 0 Å². The molecule has 1 aliphatic rings. The first-order valence-electron chi connectivity index (χ1n) is 10.3. The molecular weight excluding hydrogens is 392 g/mol. The zero-order valence-corrected chi connectivity index (χ0v) is 18.0. The van der Waals surface area contributed by atoms with Gasteiger partial charge in [0.2, 0.25) is 0 Å². The first-order valence-corrected chi connectivity index (χ1v) is 10.3. The summed E-state index contributed by atoms with van der Waals surface area (Å²) < 4.78 is 10.8. The highest BCUT2D eigenvalue weighted by Gasteiger charge is 2.34. The fourth-order valence-corrected chi connectivity index (χ4v) is 3.87. The summed E-state index contributed by atoms with van der Waals surface area (Å²) in [7, 11) is 1.61. The van der Waals surface area contributed by atoms with Gasteiger partial charge in [0.05, 0.1) is 18.8 Å². The van der Waals surface area contributed by atoms with Crippen molar-refractivity contribution in [2.75, 3.05) is 13.7 Å². The number of pyridine rings is 1. The van der Waals surface area contributed by atoms with E-state index < -0.39 is 0 Å². The van der Waals surface area contributed by atoms with Crippen LogP contribution in [-0.4, -0.2) is 34.6 Å². The van der Waals surface area contributed by atoms with E-state index in [-0.39, 0.29) is 24.0 Å². The van der Waals surface area contributed by atoms with Crippen LogP contribution in [0.2, 0.25) is 0 Å². The van der Waals surface area contributed by atoms with Crippen molar-refractivity contribution in [1.29, 1.82) is 0 Å². The van der Waals surface area contributed by atoms with Crippen molar-refractivity contribution in [1.82, 2.24) is 20.3 Å². The highest BCUT2D eigenvalue weighted by molar-refractivity contribution is 5.78. The molecule has 0 bridgehead atoms. The van der Waals surface area contributed by atoms with E-state index in [1.807, 2.05) is 18.3 Å². The van der Waals surface area contributed by atoms with E-state index in [2.05, 4.69) is 29.1 Å². The molecule has 2 heterocycles. The van der Waals surface area contributed by atoms with Crippen LogP contribution in [0.25, 0.3) is 11.4 Å². The SMILES string of the molecule is COc1ccc(OCC(=O)N[C@H]2CC(C)(C)Cc3nc(-c4ccncc4)ncc32)cc1. The Morgan fingerprint density at radius 2 is 1.84 bits per heavy atom. The van der Waals surface area contributed by atoms with E-state index in [0.717, 1.165) is 35.4 Å². The van der Waals surface area contributed by atoms with Crippen LogP contribution in [0.15, 0.2) is 55.0 Å². The van der Waals surface area contributed by atoms with E-state index >= 15 is 0 Å². The molecule has 0 unspecified atom stereocenters. The number of carbonyl (C=O) groups is 1. The maximum absolute atomic E-state index is 12.6. The largest absolute Gasteiger partial charge is 0.497 e. The Labute approximate surface area is 181 Å². The standard InChI is InChI=1S/C24H26N4O3/c1-24(2)12-20(27-22(29)15-31-18-6-4-17(30-3)5-7-18)19-14-26-23(28-21(19)13-24)16-8-10-25-11-9-16/h4-11,14,20H,12-13,15H2,1-3H3,(H,27,29)/t20-/m0/s1. The van der Waals surface area contributed by atoms with Crippen LogP contribution in [0.5, 0.6) is 11.5 Å². The molecule has 31 heavy (non-hydrogen) atoms. The summed E-state index contributed by atoms with van der Waals surface area (Å²) in [6, 6.07) is 10.8. The summed E-state index contributed by atoms with van der Waals surface area (Å²) in [6.07, 6.45) is 6.94. The summed E-state index contributed by atoms with van der Waals surface area (Å²) in [5.74, 6) is 1.85. The van der Waals surface area contributed by atoms with Crippen LogP contribution in [0.1, 0.15) is 37.6 Å². The molecule has 1 aliphatic carbocycles. The number of hydrogen-bond acceptors (Lipinski definition) is 6. The topological polar surface area (TPSA) is 86.2 Å². The number of benzene rings is 1. The molecular formula is C24H26N4O3. The van der Waals surface area contributed by atoms with Crippen LogP contribution < -0.4 is 14.8 Å². The molecule has 4 rings (SSSR count). The second-order valence-corrected chi connectivity index (χ2v) is 8.46. The second-order valence-electron chi connectivity index (χ2n) is 8.46. The van der Waals surface area contributed by atoms with Crippen molar-refractivity contribution in [2.24, 2.45) is 5.41 Å². The number of aromatic nitrogens is 3. The summed E-state index contributed by atoms with van der Waals surface area (Å²) in [4.78, 5) is 26.0. The Morgan fingerprint density at radius 1 is 1.13 bits per heavy atom. The molecule has 7 heteroatoms. The molecule has 1 aromatic carbocycles. The van der Waals surface area contributed by atoms with E-state index in [1.54, 1.807) is 43.8 Å². The van der Waals surface area contributed by atoms with Crippen molar-refractivity contribution in [3.05, 3.63) is 66.2 Å². The van der Waals surface area contributed by atoms with Gasteiger partial charge in [-0.15, -0.1) is 0 Å². The van der Waals surface area contributed by atoms with Gasteiger partial charge >= 0.3 is 0 Å². The summed E-state index contributed by atoms with van der Waals surface area (Å²) >= 11 is 0. The molecule has 160 valence electrons. The van der Waals surface area contributed by atoms with Gasteiger partial charge in [-0.25, -0.2) is 9.97 Å². The number of hydrogen-bond donors (Lipinski definition) is 1. The molecule has 0 radical (unpaired) electrons. The van der Waals surface area contributed by atoms with Gasteiger partial charge in [-0.1, -0.05) is 13.8 Å².